The number of nitriles is 1. The van der Waals surface area contributed by atoms with Crippen molar-refractivity contribution in [1.29, 1.82) is 5.26 Å². The number of carbonyl (C=O) groups is 2. The van der Waals surface area contributed by atoms with Gasteiger partial charge in [-0.05, 0) is 36.8 Å². The summed E-state index contributed by atoms with van der Waals surface area (Å²) in [6.07, 6.45) is 4.77. The molecule has 0 radical (unpaired) electrons. The topological polar surface area (TPSA) is 77.6 Å². The fraction of sp³-hybridized carbons (Fsp3) is 0.250. The van der Waals surface area contributed by atoms with Gasteiger partial charge in [0, 0.05) is 32.3 Å². The fourth-order valence-electron chi connectivity index (χ4n) is 2.85. The maximum absolute atomic E-state index is 12.4. The van der Waals surface area contributed by atoms with Crippen LogP contribution in [0.4, 0.5) is 0 Å². The Bertz CT molecular complexity index is 866. The highest BCUT2D eigenvalue weighted by molar-refractivity contribution is 5.95. The Morgan fingerprint density at radius 2 is 1.73 bits per heavy atom. The van der Waals surface area contributed by atoms with E-state index < -0.39 is 0 Å². The van der Waals surface area contributed by atoms with Crippen LogP contribution in [-0.2, 0) is 4.79 Å². The smallest absolute Gasteiger partial charge is 0.257 e. The molecular weight excluding hydrogens is 330 g/mol. The van der Waals surface area contributed by atoms with Gasteiger partial charge in [-0.3, -0.25) is 9.59 Å². The Morgan fingerprint density at radius 3 is 2.31 bits per heavy atom. The average molecular weight is 349 g/mol. The van der Waals surface area contributed by atoms with Gasteiger partial charge in [0.2, 0.25) is 5.91 Å². The minimum absolute atomic E-state index is 0.0588. The van der Waals surface area contributed by atoms with E-state index in [0.29, 0.717) is 43.1 Å². The average Bonchev–Trinajstić information content (AvgIpc) is 3.12. The molecule has 1 aromatic carbocycles. The van der Waals surface area contributed by atoms with Crippen molar-refractivity contribution in [2.75, 3.05) is 26.2 Å². The summed E-state index contributed by atoms with van der Waals surface area (Å²) in [5, 5.41) is 8.79. The summed E-state index contributed by atoms with van der Waals surface area (Å²) in [5.41, 5.74) is 2.02. The van der Waals surface area contributed by atoms with Gasteiger partial charge in [0.15, 0.2) is 0 Å². The largest absolute Gasteiger partial charge is 0.469 e. The van der Waals surface area contributed by atoms with Crippen LogP contribution in [0, 0.1) is 18.3 Å². The number of furan rings is 1. The molecule has 0 spiro atoms. The molecule has 0 unspecified atom stereocenters. The molecule has 26 heavy (non-hydrogen) atoms. The van der Waals surface area contributed by atoms with E-state index in [4.69, 9.17) is 9.68 Å². The van der Waals surface area contributed by atoms with Crippen LogP contribution < -0.4 is 0 Å². The summed E-state index contributed by atoms with van der Waals surface area (Å²) in [7, 11) is 0. The van der Waals surface area contributed by atoms with Crippen LogP contribution in [0.1, 0.15) is 27.2 Å². The van der Waals surface area contributed by atoms with Crippen molar-refractivity contribution >= 4 is 17.9 Å². The zero-order chi connectivity index (χ0) is 18.5. The Morgan fingerprint density at radius 1 is 1.08 bits per heavy atom. The van der Waals surface area contributed by atoms with Crippen LogP contribution in [0.25, 0.3) is 6.08 Å². The summed E-state index contributed by atoms with van der Waals surface area (Å²) >= 11 is 0. The minimum Gasteiger partial charge on any atom is -0.469 e. The third-order valence-corrected chi connectivity index (χ3v) is 4.43. The van der Waals surface area contributed by atoms with E-state index in [1.807, 2.05) is 0 Å². The quantitative estimate of drug-likeness (QED) is 0.798. The highest BCUT2D eigenvalue weighted by atomic mass is 16.3. The van der Waals surface area contributed by atoms with Gasteiger partial charge >= 0.3 is 0 Å². The summed E-state index contributed by atoms with van der Waals surface area (Å²) in [5.74, 6) is 0.469. The Hall–Kier alpha value is -3.33. The molecule has 0 saturated carbocycles. The molecule has 0 aliphatic carbocycles. The number of carbonyl (C=O) groups excluding carboxylic acids is 2. The van der Waals surface area contributed by atoms with Gasteiger partial charge in [0.25, 0.3) is 5.91 Å². The SMILES string of the molecule is Cc1occc1C(=O)N1CCN(C(=O)/C=C/c2ccc(C#N)cc2)CC1. The van der Waals surface area contributed by atoms with E-state index in [-0.39, 0.29) is 11.8 Å². The molecule has 2 amide bonds. The lowest BCUT2D eigenvalue weighted by Crippen LogP contribution is -2.50. The van der Waals surface area contributed by atoms with Crippen LogP contribution in [0.15, 0.2) is 47.1 Å². The number of hydrogen-bond acceptors (Lipinski definition) is 4. The molecule has 2 heterocycles. The molecule has 132 valence electrons. The maximum atomic E-state index is 12.4. The van der Waals surface area contributed by atoms with E-state index >= 15 is 0 Å². The number of hydrogen-bond donors (Lipinski definition) is 0. The van der Waals surface area contributed by atoms with Crippen LogP contribution in [0.3, 0.4) is 0 Å². The second-order valence-electron chi connectivity index (χ2n) is 6.08. The predicted molar refractivity (Wildman–Crippen MR) is 96.1 cm³/mol. The second kappa shape index (κ2) is 7.70. The van der Waals surface area contributed by atoms with Gasteiger partial charge in [0.05, 0.1) is 23.5 Å². The molecular formula is C20H19N3O3. The first-order valence-corrected chi connectivity index (χ1v) is 8.39. The van der Waals surface area contributed by atoms with Crippen molar-refractivity contribution in [3.63, 3.8) is 0 Å². The summed E-state index contributed by atoms with van der Waals surface area (Å²) in [6.45, 7) is 3.76. The van der Waals surface area contributed by atoms with Crippen molar-refractivity contribution in [3.05, 3.63) is 65.1 Å². The van der Waals surface area contributed by atoms with Crippen molar-refractivity contribution < 1.29 is 14.0 Å². The molecule has 0 bridgehead atoms. The maximum Gasteiger partial charge on any atom is 0.257 e. The number of rotatable bonds is 3. The van der Waals surface area contributed by atoms with Gasteiger partial charge in [-0.2, -0.15) is 5.26 Å². The molecule has 1 aliphatic heterocycles. The number of benzene rings is 1. The standard InChI is InChI=1S/C20H19N3O3/c1-15-18(8-13-26-15)20(25)23-11-9-22(10-12-23)19(24)7-6-16-2-4-17(14-21)5-3-16/h2-8,13H,9-12H2,1H3/b7-6+. The summed E-state index contributed by atoms with van der Waals surface area (Å²) in [6, 6.07) is 10.8. The lowest BCUT2D eigenvalue weighted by atomic mass is 10.1. The zero-order valence-corrected chi connectivity index (χ0v) is 14.5. The van der Waals surface area contributed by atoms with Gasteiger partial charge in [-0.25, -0.2) is 0 Å². The van der Waals surface area contributed by atoms with Crippen molar-refractivity contribution in [3.8, 4) is 6.07 Å². The third kappa shape index (κ3) is 3.83. The monoisotopic (exact) mass is 349 g/mol. The van der Waals surface area contributed by atoms with Crippen molar-refractivity contribution in [1.82, 2.24) is 9.80 Å². The van der Waals surface area contributed by atoms with Gasteiger partial charge < -0.3 is 14.2 Å². The van der Waals surface area contributed by atoms with Crippen LogP contribution >= 0.6 is 0 Å². The molecule has 1 saturated heterocycles. The van der Waals surface area contributed by atoms with Gasteiger partial charge in [-0.1, -0.05) is 12.1 Å². The van der Waals surface area contributed by atoms with Gasteiger partial charge in [-0.15, -0.1) is 0 Å². The first-order chi connectivity index (χ1) is 12.6. The van der Waals surface area contributed by atoms with E-state index in [2.05, 4.69) is 6.07 Å². The minimum atomic E-state index is -0.0825. The van der Waals surface area contributed by atoms with Crippen LogP contribution in [0.5, 0.6) is 0 Å². The molecule has 6 heteroatoms. The highest BCUT2D eigenvalue weighted by Crippen LogP contribution is 2.14. The van der Waals surface area contributed by atoms with E-state index in [1.54, 1.807) is 53.1 Å². The van der Waals surface area contributed by atoms with Crippen molar-refractivity contribution in [2.24, 2.45) is 0 Å². The Kier molecular flexibility index (Phi) is 5.18. The predicted octanol–water partition coefficient (Wildman–Crippen LogP) is 2.46. The molecule has 0 N–H and O–H groups in total. The van der Waals surface area contributed by atoms with Gasteiger partial charge in [0.1, 0.15) is 5.76 Å². The molecule has 1 aliphatic rings. The third-order valence-electron chi connectivity index (χ3n) is 4.43. The second-order valence-corrected chi connectivity index (χ2v) is 6.08. The van der Waals surface area contributed by atoms with E-state index in [1.165, 1.54) is 12.3 Å². The number of aryl methyl sites for hydroxylation is 1. The summed E-state index contributed by atoms with van der Waals surface area (Å²) in [4.78, 5) is 28.2. The number of amides is 2. The Labute approximate surface area is 151 Å². The van der Waals surface area contributed by atoms with Crippen LogP contribution in [0.2, 0.25) is 0 Å². The lowest BCUT2D eigenvalue weighted by molar-refractivity contribution is -0.127. The van der Waals surface area contributed by atoms with E-state index in [9.17, 15) is 9.59 Å². The van der Waals surface area contributed by atoms with E-state index in [0.717, 1.165) is 5.56 Å². The number of nitrogens with zero attached hydrogens (tertiary/aromatic N) is 3. The molecule has 0 atom stereocenters. The summed E-state index contributed by atoms with van der Waals surface area (Å²) < 4.78 is 5.19. The van der Waals surface area contributed by atoms with Crippen molar-refractivity contribution in [2.45, 2.75) is 6.92 Å². The normalized spacial score (nSPS) is 14.5. The molecule has 6 nitrogen and oxygen atoms in total. The molecule has 1 aromatic heterocycles. The lowest BCUT2D eigenvalue weighted by Gasteiger charge is -2.34. The molecule has 1 fully saturated rings. The number of piperazine rings is 1. The first kappa shape index (κ1) is 17.5. The fourth-order valence-corrected chi connectivity index (χ4v) is 2.85. The van der Waals surface area contributed by atoms with Crippen LogP contribution in [-0.4, -0.2) is 47.8 Å². The highest BCUT2D eigenvalue weighted by Gasteiger charge is 2.25. The molecule has 3 rings (SSSR count). The Balaban J connectivity index is 1.55. The zero-order valence-electron chi connectivity index (χ0n) is 14.5. The molecule has 2 aromatic rings. The first-order valence-electron chi connectivity index (χ1n) is 8.39.